The van der Waals surface area contributed by atoms with Gasteiger partial charge in [-0.3, -0.25) is 4.98 Å². The fourth-order valence-electron chi connectivity index (χ4n) is 1.92. The molecule has 7 heteroatoms. The minimum atomic E-state index is -1.17. The molecule has 0 bridgehead atoms. The average molecular weight is 318 g/mol. The Morgan fingerprint density at radius 2 is 1.95 bits per heavy atom. The van der Waals surface area contributed by atoms with Crippen molar-refractivity contribution in [2.45, 2.75) is 0 Å². The van der Waals surface area contributed by atoms with Gasteiger partial charge < -0.3 is 5.11 Å². The molecule has 3 aromatic rings. The molecule has 0 atom stereocenters. The quantitative estimate of drug-likeness (QED) is 0.797. The molecule has 0 unspecified atom stereocenters. The SMILES string of the molecule is O=C(O)c1sc(-c2cccnc2)nc1-c1ccc(F)c(F)c1. The predicted molar refractivity (Wildman–Crippen MR) is 77.7 cm³/mol. The Kier molecular flexibility index (Phi) is 3.64. The van der Waals surface area contributed by atoms with Crippen LogP contribution in [-0.2, 0) is 0 Å². The van der Waals surface area contributed by atoms with Crippen LogP contribution in [0.3, 0.4) is 0 Å². The van der Waals surface area contributed by atoms with Crippen molar-refractivity contribution in [3.63, 3.8) is 0 Å². The van der Waals surface area contributed by atoms with Gasteiger partial charge in [0.25, 0.3) is 0 Å². The molecule has 110 valence electrons. The monoisotopic (exact) mass is 318 g/mol. The van der Waals surface area contributed by atoms with Crippen molar-refractivity contribution in [1.82, 2.24) is 9.97 Å². The third-order valence-corrected chi connectivity index (χ3v) is 4.02. The number of aromatic nitrogens is 2. The maximum atomic E-state index is 13.4. The first-order chi connectivity index (χ1) is 10.6. The molecule has 0 spiro atoms. The normalized spacial score (nSPS) is 10.6. The maximum absolute atomic E-state index is 13.4. The van der Waals surface area contributed by atoms with E-state index >= 15 is 0 Å². The molecule has 0 aliphatic carbocycles. The Morgan fingerprint density at radius 1 is 1.14 bits per heavy atom. The maximum Gasteiger partial charge on any atom is 0.348 e. The third-order valence-electron chi connectivity index (χ3n) is 2.92. The number of carboxylic acids is 1. The summed E-state index contributed by atoms with van der Waals surface area (Å²) in [6.45, 7) is 0. The fourth-order valence-corrected chi connectivity index (χ4v) is 2.83. The van der Waals surface area contributed by atoms with E-state index in [0.717, 1.165) is 23.5 Å². The summed E-state index contributed by atoms with van der Waals surface area (Å²) < 4.78 is 26.4. The Balaban J connectivity index is 2.16. The van der Waals surface area contributed by atoms with Crippen LogP contribution >= 0.6 is 11.3 Å². The summed E-state index contributed by atoms with van der Waals surface area (Å²) in [6.07, 6.45) is 3.14. The van der Waals surface area contributed by atoms with Crippen LogP contribution in [0.1, 0.15) is 9.67 Å². The van der Waals surface area contributed by atoms with Gasteiger partial charge in [-0.05, 0) is 30.3 Å². The molecule has 0 fully saturated rings. The van der Waals surface area contributed by atoms with Crippen molar-refractivity contribution in [2.75, 3.05) is 0 Å². The molecule has 0 radical (unpaired) electrons. The van der Waals surface area contributed by atoms with E-state index in [0.29, 0.717) is 10.6 Å². The number of nitrogens with zero attached hydrogens (tertiary/aromatic N) is 2. The molecule has 3 rings (SSSR count). The van der Waals surface area contributed by atoms with E-state index in [4.69, 9.17) is 0 Å². The van der Waals surface area contributed by atoms with Crippen LogP contribution < -0.4 is 0 Å². The van der Waals surface area contributed by atoms with Crippen LogP contribution in [0.15, 0.2) is 42.7 Å². The van der Waals surface area contributed by atoms with E-state index < -0.39 is 17.6 Å². The molecule has 2 heterocycles. The van der Waals surface area contributed by atoms with Crippen LogP contribution in [0.4, 0.5) is 8.78 Å². The first-order valence-corrected chi connectivity index (χ1v) is 6.98. The highest BCUT2D eigenvalue weighted by Gasteiger charge is 2.20. The summed E-state index contributed by atoms with van der Waals surface area (Å²) in [5.74, 6) is -3.22. The van der Waals surface area contributed by atoms with Crippen molar-refractivity contribution in [3.8, 4) is 21.8 Å². The van der Waals surface area contributed by atoms with Crippen molar-refractivity contribution in [1.29, 1.82) is 0 Å². The van der Waals surface area contributed by atoms with Gasteiger partial charge in [-0.15, -0.1) is 11.3 Å². The van der Waals surface area contributed by atoms with Crippen LogP contribution in [0.5, 0.6) is 0 Å². The summed E-state index contributed by atoms with van der Waals surface area (Å²) in [5.41, 5.74) is 0.974. The molecule has 1 N–H and O–H groups in total. The first-order valence-electron chi connectivity index (χ1n) is 6.16. The van der Waals surface area contributed by atoms with Crippen LogP contribution in [0.2, 0.25) is 0 Å². The zero-order chi connectivity index (χ0) is 15.7. The highest BCUT2D eigenvalue weighted by atomic mass is 32.1. The van der Waals surface area contributed by atoms with Gasteiger partial charge in [0.1, 0.15) is 9.88 Å². The van der Waals surface area contributed by atoms with Gasteiger partial charge >= 0.3 is 5.97 Å². The van der Waals surface area contributed by atoms with Gasteiger partial charge in [0.2, 0.25) is 0 Å². The van der Waals surface area contributed by atoms with Gasteiger partial charge in [-0.25, -0.2) is 18.6 Å². The zero-order valence-electron chi connectivity index (χ0n) is 11.0. The lowest BCUT2D eigenvalue weighted by Gasteiger charge is -2.00. The second kappa shape index (κ2) is 5.61. The lowest BCUT2D eigenvalue weighted by Crippen LogP contribution is -1.96. The summed E-state index contributed by atoms with van der Waals surface area (Å²) in [7, 11) is 0. The van der Waals surface area contributed by atoms with E-state index in [-0.39, 0.29) is 16.1 Å². The van der Waals surface area contributed by atoms with Gasteiger partial charge in [0, 0.05) is 23.5 Å². The highest BCUT2D eigenvalue weighted by Crippen LogP contribution is 2.34. The summed E-state index contributed by atoms with van der Waals surface area (Å²) in [6, 6.07) is 6.62. The summed E-state index contributed by atoms with van der Waals surface area (Å²) in [5, 5.41) is 9.75. The van der Waals surface area contributed by atoms with E-state index in [2.05, 4.69) is 9.97 Å². The zero-order valence-corrected chi connectivity index (χ0v) is 11.8. The minimum Gasteiger partial charge on any atom is -0.477 e. The van der Waals surface area contributed by atoms with Gasteiger partial charge in [-0.2, -0.15) is 0 Å². The number of aromatic carboxylic acids is 1. The molecule has 0 saturated heterocycles. The number of thiazole rings is 1. The standard InChI is InChI=1S/C15H8F2N2O2S/c16-10-4-3-8(6-11(10)17)12-13(15(20)21)22-14(19-12)9-2-1-5-18-7-9/h1-7H,(H,20,21). The van der Waals surface area contributed by atoms with E-state index in [1.807, 2.05) is 0 Å². The van der Waals surface area contributed by atoms with Crippen molar-refractivity contribution >= 4 is 17.3 Å². The number of carboxylic acid groups (broad SMARTS) is 1. The van der Waals surface area contributed by atoms with Crippen molar-refractivity contribution in [2.24, 2.45) is 0 Å². The van der Waals surface area contributed by atoms with E-state index in [1.54, 1.807) is 24.5 Å². The predicted octanol–water partition coefficient (Wildman–Crippen LogP) is 3.85. The molecule has 2 aromatic heterocycles. The number of halogens is 2. The van der Waals surface area contributed by atoms with Gasteiger partial charge in [0.05, 0.1) is 5.69 Å². The molecule has 0 amide bonds. The number of carbonyl (C=O) groups is 1. The fraction of sp³-hybridized carbons (Fsp3) is 0. The average Bonchev–Trinajstić information content (AvgIpc) is 2.96. The third kappa shape index (κ3) is 2.58. The number of rotatable bonds is 3. The van der Waals surface area contributed by atoms with E-state index in [1.165, 1.54) is 6.07 Å². The molecule has 0 aliphatic rings. The number of hydrogen-bond donors (Lipinski definition) is 1. The molecule has 1 aromatic carbocycles. The Morgan fingerprint density at radius 3 is 2.59 bits per heavy atom. The molecule has 22 heavy (non-hydrogen) atoms. The molecule has 0 aliphatic heterocycles. The Hall–Kier alpha value is -2.67. The smallest absolute Gasteiger partial charge is 0.348 e. The number of benzene rings is 1. The Labute approximate surface area is 127 Å². The molecular weight excluding hydrogens is 310 g/mol. The summed E-state index contributed by atoms with van der Waals surface area (Å²) >= 11 is 0.959. The molecular formula is C15H8F2N2O2S. The van der Waals surface area contributed by atoms with Gasteiger partial charge in [0.15, 0.2) is 11.6 Å². The van der Waals surface area contributed by atoms with Gasteiger partial charge in [-0.1, -0.05) is 0 Å². The largest absolute Gasteiger partial charge is 0.477 e. The van der Waals surface area contributed by atoms with Crippen LogP contribution in [-0.4, -0.2) is 21.0 Å². The Bertz CT molecular complexity index is 850. The lowest BCUT2D eigenvalue weighted by atomic mass is 10.1. The topological polar surface area (TPSA) is 63.1 Å². The summed E-state index contributed by atoms with van der Waals surface area (Å²) in [4.78, 5) is 19.5. The molecule has 4 nitrogen and oxygen atoms in total. The van der Waals surface area contributed by atoms with Crippen molar-refractivity contribution in [3.05, 3.63) is 59.2 Å². The number of pyridine rings is 1. The first kappa shape index (κ1) is 14.3. The lowest BCUT2D eigenvalue weighted by molar-refractivity contribution is 0.0702. The number of hydrogen-bond acceptors (Lipinski definition) is 4. The minimum absolute atomic E-state index is 0.0372. The van der Waals surface area contributed by atoms with Crippen molar-refractivity contribution < 1.29 is 18.7 Å². The molecule has 0 saturated carbocycles. The second-order valence-corrected chi connectivity index (χ2v) is 5.37. The second-order valence-electron chi connectivity index (χ2n) is 4.37. The van der Waals surface area contributed by atoms with Crippen LogP contribution in [0.25, 0.3) is 21.8 Å². The highest BCUT2D eigenvalue weighted by molar-refractivity contribution is 7.17. The van der Waals surface area contributed by atoms with E-state index in [9.17, 15) is 18.7 Å². The van der Waals surface area contributed by atoms with Crippen LogP contribution in [0, 0.1) is 11.6 Å².